The maximum Gasteiger partial charge on any atom is 0.260 e. The number of rotatable bonds is 6. The Morgan fingerprint density at radius 2 is 1.74 bits per heavy atom. The van der Waals surface area contributed by atoms with E-state index in [0.717, 1.165) is 5.56 Å². The van der Waals surface area contributed by atoms with Gasteiger partial charge in [-0.05, 0) is 36.8 Å². The number of likely N-dealkylation sites (N-methyl/N-ethyl adjacent to an activating group) is 1. The van der Waals surface area contributed by atoms with Crippen LogP contribution in [0.15, 0.2) is 48.5 Å². The first-order valence-electron chi connectivity index (χ1n) is 7.18. The highest BCUT2D eigenvalue weighted by Crippen LogP contribution is 2.18. The lowest BCUT2D eigenvalue weighted by atomic mass is 10.1. The Morgan fingerprint density at radius 1 is 1.09 bits per heavy atom. The number of para-hydroxylation sites is 1. The molecule has 0 aliphatic heterocycles. The molecule has 0 heterocycles. The highest BCUT2D eigenvalue weighted by Gasteiger charge is 2.13. The van der Waals surface area contributed by atoms with Crippen LogP contribution in [-0.2, 0) is 11.3 Å². The van der Waals surface area contributed by atoms with Gasteiger partial charge in [0.25, 0.3) is 5.91 Å². The molecular weight excluding hydrogens is 297 g/mol. The molecule has 0 atom stereocenters. The Bertz CT molecular complexity index is 698. The minimum absolute atomic E-state index is 0.118. The molecule has 2 aromatic carbocycles. The van der Waals surface area contributed by atoms with E-state index >= 15 is 0 Å². The van der Waals surface area contributed by atoms with Gasteiger partial charge in [0.1, 0.15) is 11.6 Å². The smallest absolute Gasteiger partial charge is 0.260 e. The zero-order chi connectivity index (χ0) is 16.8. The number of carbonyl (C=O) groups excluding carboxylic acids is 2. The van der Waals surface area contributed by atoms with Gasteiger partial charge in [0.05, 0.1) is 5.56 Å². The van der Waals surface area contributed by atoms with Crippen LogP contribution in [0.3, 0.4) is 0 Å². The fraction of sp³-hybridized carbons (Fsp3) is 0.222. The van der Waals surface area contributed by atoms with Crippen molar-refractivity contribution in [3.63, 3.8) is 0 Å². The van der Waals surface area contributed by atoms with Crippen LogP contribution in [0.5, 0.6) is 5.75 Å². The largest absolute Gasteiger partial charge is 0.483 e. The van der Waals surface area contributed by atoms with Gasteiger partial charge in [-0.15, -0.1) is 0 Å². The average molecular weight is 315 g/mol. The number of nitrogens with zero attached hydrogens (tertiary/aromatic N) is 1. The molecular formula is C18H18FNO3. The van der Waals surface area contributed by atoms with E-state index in [2.05, 4.69) is 0 Å². The standard InChI is InChI=1S/C18H18FNO3/c1-13(21)16-5-3-4-6-17(16)23-12-18(22)20(2)11-14-7-9-15(19)10-8-14/h3-10H,11-12H2,1-2H3. The third-order valence-corrected chi connectivity index (χ3v) is 3.38. The second kappa shape index (κ2) is 7.54. The fourth-order valence-corrected chi connectivity index (χ4v) is 2.08. The van der Waals surface area contributed by atoms with Crippen molar-refractivity contribution in [1.29, 1.82) is 0 Å². The predicted octanol–water partition coefficient (Wildman–Crippen LogP) is 3.07. The first kappa shape index (κ1) is 16.7. The highest BCUT2D eigenvalue weighted by atomic mass is 19.1. The molecule has 0 saturated heterocycles. The number of hydrogen-bond donors (Lipinski definition) is 0. The molecule has 0 fully saturated rings. The van der Waals surface area contributed by atoms with E-state index in [-0.39, 0.29) is 24.1 Å². The van der Waals surface area contributed by atoms with E-state index in [4.69, 9.17) is 4.74 Å². The summed E-state index contributed by atoms with van der Waals surface area (Å²) in [6, 6.07) is 12.8. The normalized spacial score (nSPS) is 10.2. The van der Waals surface area contributed by atoms with Crippen molar-refractivity contribution in [2.45, 2.75) is 13.5 Å². The monoisotopic (exact) mass is 315 g/mol. The van der Waals surface area contributed by atoms with Crippen molar-refractivity contribution in [1.82, 2.24) is 4.90 Å². The third-order valence-electron chi connectivity index (χ3n) is 3.38. The van der Waals surface area contributed by atoms with E-state index in [1.165, 1.54) is 24.0 Å². The second-order valence-electron chi connectivity index (χ2n) is 5.22. The Kier molecular flexibility index (Phi) is 5.46. The summed E-state index contributed by atoms with van der Waals surface area (Å²) in [5.41, 5.74) is 1.27. The molecule has 0 radical (unpaired) electrons. The lowest BCUT2D eigenvalue weighted by Crippen LogP contribution is -2.31. The van der Waals surface area contributed by atoms with E-state index in [0.29, 0.717) is 17.9 Å². The third kappa shape index (κ3) is 4.64. The predicted molar refractivity (Wildman–Crippen MR) is 84.8 cm³/mol. The Morgan fingerprint density at radius 3 is 2.39 bits per heavy atom. The van der Waals surface area contributed by atoms with Gasteiger partial charge in [-0.1, -0.05) is 24.3 Å². The summed E-state index contributed by atoms with van der Waals surface area (Å²) in [5.74, 6) is -0.268. The van der Waals surface area contributed by atoms with Gasteiger partial charge >= 0.3 is 0 Å². The number of ether oxygens (including phenoxy) is 1. The van der Waals surface area contributed by atoms with Gasteiger partial charge in [-0.3, -0.25) is 9.59 Å². The zero-order valence-corrected chi connectivity index (χ0v) is 13.1. The van der Waals surface area contributed by atoms with Gasteiger partial charge in [0, 0.05) is 13.6 Å². The van der Waals surface area contributed by atoms with Gasteiger partial charge in [-0.2, -0.15) is 0 Å². The van der Waals surface area contributed by atoms with E-state index in [1.807, 2.05) is 0 Å². The molecule has 1 amide bonds. The summed E-state index contributed by atoms with van der Waals surface area (Å²) in [4.78, 5) is 25.1. The van der Waals surface area contributed by atoms with Crippen molar-refractivity contribution in [3.05, 3.63) is 65.5 Å². The highest BCUT2D eigenvalue weighted by molar-refractivity contribution is 5.96. The lowest BCUT2D eigenvalue weighted by Gasteiger charge is -2.18. The summed E-state index contributed by atoms with van der Waals surface area (Å²) >= 11 is 0. The topological polar surface area (TPSA) is 46.6 Å². The molecule has 0 spiro atoms. The first-order valence-corrected chi connectivity index (χ1v) is 7.18. The minimum atomic E-state index is -0.313. The summed E-state index contributed by atoms with van der Waals surface area (Å²) in [6.45, 7) is 1.64. The van der Waals surface area contributed by atoms with Crippen molar-refractivity contribution >= 4 is 11.7 Å². The number of Topliss-reactive ketones (excluding diaryl/α,β-unsaturated/α-hetero) is 1. The maximum atomic E-state index is 12.9. The lowest BCUT2D eigenvalue weighted by molar-refractivity contribution is -0.132. The maximum absolute atomic E-state index is 12.9. The van der Waals surface area contributed by atoms with E-state index < -0.39 is 0 Å². The summed E-state index contributed by atoms with van der Waals surface area (Å²) < 4.78 is 18.3. The molecule has 0 N–H and O–H groups in total. The van der Waals surface area contributed by atoms with Crippen molar-refractivity contribution in [3.8, 4) is 5.75 Å². The molecule has 120 valence electrons. The Labute approximate surface area is 134 Å². The first-order chi connectivity index (χ1) is 11.0. The van der Waals surface area contributed by atoms with Crippen molar-refractivity contribution in [2.75, 3.05) is 13.7 Å². The Balaban J connectivity index is 1.94. The summed E-state index contributed by atoms with van der Waals surface area (Å²) in [7, 11) is 1.64. The van der Waals surface area contributed by atoms with Crippen LogP contribution in [0.1, 0.15) is 22.8 Å². The van der Waals surface area contributed by atoms with Gasteiger partial charge in [0.2, 0.25) is 0 Å². The van der Waals surface area contributed by atoms with Crippen LogP contribution < -0.4 is 4.74 Å². The minimum Gasteiger partial charge on any atom is -0.483 e. The molecule has 0 aliphatic rings. The van der Waals surface area contributed by atoms with Gasteiger partial charge in [0.15, 0.2) is 12.4 Å². The van der Waals surface area contributed by atoms with E-state index in [9.17, 15) is 14.0 Å². The molecule has 0 saturated carbocycles. The molecule has 4 nitrogen and oxygen atoms in total. The molecule has 2 rings (SSSR count). The van der Waals surface area contributed by atoms with Crippen LogP contribution in [-0.4, -0.2) is 30.2 Å². The van der Waals surface area contributed by atoms with Crippen molar-refractivity contribution in [2.24, 2.45) is 0 Å². The van der Waals surface area contributed by atoms with E-state index in [1.54, 1.807) is 43.4 Å². The van der Waals surface area contributed by atoms with Gasteiger partial charge < -0.3 is 9.64 Å². The molecule has 0 aliphatic carbocycles. The average Bonchev–Trinajstić information content (AvgIpc) is 2.54. The van der Waals surface area contributed by atoms with Crippen LogP contribution in [0, 0.1) is 5.82 Å². The molecule has 0 bridgehead atoms. The number of ketones is 1. The van der Waals surface area contributed by atoms with Crippen LogP contribution >= 0.6 is 0 Å². The number of benzene rings is 2. The number of hydrogen-bond acceptors (Lipinski definition) is 3. The van der Waals surface area contributed by atoms with Gasteiger partial charge in [-0.25, -0.2) is 4.39 Å². The van der Waals surface area contributed by atoms with Crippen LogP contribution in [0.4, 0.5) is 4.39 Å². The van der Waals surface area contributed by atoms with Crippen LogP contribution in [0.2, 0.25) is 0 Å². The number of amides is 1. The molecule has 0 unspecified atom stereocenters. The molecule has 5 heteroatoms. The summed E-state index contributed by atoms with van der Waals surface area (Å²) in [5, 5.41) is 0. The van der Waals surface area contributed by atoms with Crippen LogP contribution in [0.25, 0.3) is 0 Å². The number of carbonyl (C=O) groups is 2. The number of halogens is 1. The molecule has 2 aromatic rings. The van der Waals surface area contributed by atoms with Crippen molar-refractivity contribution < 1.29 is 18.7 Å². The molecule has 23 heavy (non-hydrogen) atoms. The SMILES string of the molecule is CC(=O)c1ccccc1OCC(=O)N(C)Cc1ccc(F)cc1. The molecule has 0 aromatic heterocycles. The summed E-state index contributed by atoms with van der Waals surface area (Å²) in [6.07, 6.45) is 0. The second-order valence-corrected chi connectivity index (χ2v) is 5.22. The quantitative estimate of drug-likeness (QED) is 0.770. The Hall–Kier alpha value is -2.69. The zero-order valence-electron chi connectivity index (χ0n) is 13.1. The fourth-order valence-electron chi connectivity index (χ4n) is 2.08.